The third-order valence-electron chi connectivity index (χ3n) is 2.97. The molecule has 94 valence electrons. The number of rotatable bonds is 2. The Morgan fingerprint density at radius 3 is 2.47 bits per heavy atom. The fourth-order valence-corrected chi connectivity index (χ4v) is 2.07. The van der Waals surface area contributed by atoms with E-state index in [1.807, 2.05) is 0 Å². The maximum Gasteiger partial charge on any atom is 0.419 e. The maximum absolute atomic E-state index is 12.7. The van der Waals surface area contributed by atoms with E-state index in [-0.39, 0.29) is 17.9 Å². The lowest BCUT2D eigenvalue weighted by atomic mass is 10.2. The van der Waals surface area contributed by atoms with E-state index in [2.05, 4.69) is 0 Å². The highest BCUT2D eigenvalue weighted by molar-refractivity contribution is 5.35. The van der Waals surface area contributed by atoms with Crippen LogP contribution in [-0.4, -0.2) is 12.1 Å². The van der Waals surface area contributed by atoms with Crippen LogP contribution in [0.15, 0.2) is 24.3 Å². The number of halogens is 3. The fourth-order valence-electron chi connectivity index (χ4n) is 2.07. The number of nitrogens with two attached hydrogens (primary N) is 1. The van der Waals surface area contributed by atoms with Crippen molar-refractivity contribution in [2.75, 3.05) is 0 Å². The molecule has 1 fully saturated rings. The maximum atomic E-state index is 12.7. The predicted molar refractivity (Wildman–Crippen MR) is 57.7 cm³/mol. The molecule has 1 aliphatic carbocycles. The minimum Gasteiger partial charge on any atom is -0.488 e. The largest absolute Gasteiger partial charge is 0.488 e. The standard InChI is InChI=1S/C12H14F3NO/c13-12(14,15)8-4-1-2-6-10(8)17-11-7-3-5-9(11)16/h1-2,4,6,9,11H,3,5,7,16H2. The van der Waals surface area contributed by atoms with Crippen molar-refractivity contribution < 1.29 is 17.9 Å². The van der Waals surface area contributed by atoms with Gasteiger partial charge in [0.15, 0.2) is 0 Å². The Hall–Kier alpha value is -1.23. The molecule has 1 aromatic rings. The molecule has 0 aromatic heterocycles. The van der Waals surface area contributed by atoms with Crippen LogP contribution in [0.1, 0.15) is 24.8 Å². The molecular weight excluding hydrogens is 231 g/mol. The van der Waals surface area contributed by atoms with Crippen LogP contribution in [0.5, 0.6) is 5.75 Å². The summed E-state index contributed by atoms with van der Waals surface area (Å²) in [6.07, 6.45) is -2.27. The highest BCUT2D eigenvalue weighted by Crippen LogP contribution is 2.37. The van der Waals surface area contributed by atoms with Crippen LogP contribution in [0, 0.1) is 0 Å². The van der Waals surface area contributed by atoms with Crippen LogP contribution in [0.4, 0.5) is 13.2 Å². The van der Waals surface area contributed by atoms with Crippen molar-refractivity contribution in [1.82, 2.24) is 0 Å². The van der Waals surface area contributed by atoms with Crippen molar-refractivity contribution in [2.24, 2.45) is 5.73 Å². The molecule has 0 bridgehead atoms. The second-order valence-corrected chi connectivity index (χ2v) is 4.24. The van der Waals surface area contributed by atoms with Crippen molar-refractivity contribution in [2.45, 2.75) is 37.6 Å². The Morgan fingerprint density at radius 2 is 1.88 bits per heavy atom. The second kappa shape index (κ2) is 4.56. The first-order valence-corrected chi connectivity index (χ1v) is 5.57. The van der Waals surface area contributed by atoms with E-state index in [0.717, 1.165) is 18.9 Å². The first-order chi connectivity index (χ1) is 7.98. The fraction of sp³-hybridized carbons (Fsp3) is 0.500. The average molecular weight is 245 g/mol. The summed E-state index contributed by atoms with van der Waals surface area (Å²) in [5.41, 5.74) is 5.04. The highest BCUT2D eigenvalue weighted by atomic mass is 19.4. The summed E-state index contributed by atoms with van der Waals surface area (Å²) >= 11 is 0. The molecule has 17 heavy (non-hydrogen) atoms. The van der Waals surface area contributed by atoms with Crippen molar-refractivity contribution in [3.05, 3.63) is 29.8 Å². The third kappa shape index (κ3) is 2.72. The smallest absolute Gasteiger partial charge is 0.419 e. The zero-order chi connectivity index (χ0) is 12.5. The molecule has 1 saturated carbocycles. The first-order valence-electron chi connectivity index (χ1n) is 5.57. The van der Waals surface area contributed by atoms with Gasteiger partial charge in [0.25, 0.3) is 0 Å². The summed E-state index contributed by atoms with van der Waals surface area (Å²) in [4.78, 5) is 0. The van der Waals surface area contributed by atoms with Crippen molar-refractivity contribution in [3.63, 3.8) is 0 Å². The SMILES string of the molecule is NC1CCCC1Oc1ccccc1C(F)(F)F. The summed E-state index contributed by atoms with van der Waals surface area (Å²) in [5.74, 6) is -0.123. The molecule has 0 amide bonds. The van der Waals surface area contributed by atoms with Gasteiger partial charge < -0.3 is 10.5 Å². The molecule has 2 unspecified atom stereocenters. The zero-order valence-corrected chi connectivity index (χ0v) is 9.20. The van der Waals surface area contributed by atoms with E-state index >= 15 is 0 Å². The molecule has 5 heteroatoms. The van der Waals surface area contributed by atoms with Crippen LogP contribution in [0.2, 0.25) is 0 Å². The number of para-hydroxylation sites is 1. The molecule has 0 spiro atoms. The van der Waals surface area contributed by atoms with Crippen LogP contribution in [-0.2, 0) is 6.18 Å². The van der Waals surface area contributed by atoms with Gasteiger partial charge in [-0.25, -0.2) is 0 Å². The van der Waals surface area contributed by atoms with Gasteiger partial charge in [-0.05, 0) is 31.4 Å². The van der Waals surface area contributed by atoms with Gasteiger partial charge in [-0.15, -0.1) is 0 Å². The van der Waals surface area contributed by atoms with E-state index in [0.29, 0.717) is 6.42 Å². The molecule has 2 rings (SSSR count). The van der Waals surface area contributed by atoms with Gasteiger partial charge in [-0.2, -0.15) is 13.2 Å². The van der Waals surface area contributed by atoms with E-state index in [1.165, 1.54) is 18.2 Å². The Kier molecular flexibility index (Phi) is 3.28. The van der Waals surface area contributed by atoms with Gasteiger partial charge in [-0.3, -0.25) is 0 Å². The minimum absolute atomic E-state index is 0.123. The summed E-state index contributed by atoms with van der Waals surface area (Å²) < 4.78 is 43.5. The topological polar surface area (TPSA) is 35.2 Å². The Bertz CT molecular complexity index is 392. The molecule has 0 aliphatic heterocycles. The zero-order valence-electron chi connectivity index (χ0n) is 9.20. The highest BCUT2D eigenvalue weighted by Gasteiger charge is 2.35. The summed E-state index contributed by atoms with van der Waals surface area (Å²) in [6.45, 7) is 0. The van der Waals surface area contributed by atoms with Crippen LogP contribution >= 0.6 is 0 Å². The lowest BCUT2D eigenvalue weighted by molar-refractivity contribution is -0.139. The van der Waals surface area contributed by atoms with Crippen LogP contribution in [0.25, 0.3) is 0 Å². The number of benzene rings is 1. The molecule has 2 N–H and O–H groups in total. The van der Waals surface area contributed by atoms with E-state index in [1.54, 1.807) is 0 Å². The van der Waals surface area contributed by atoms with E-state index in [4.69, 9.17) is 10.5 Å². The van der Waals surface area contributed by atoms with Crippen molar-refractivity contribution in [3.8, 4) is 5.75 Å². The molecule has 2 atom stereocenters. The molecule has 1 aliphatic rings. The quantitative estimate of drug-likeness (QED) is 0.869. The molecule has 0 radical (unpaired) electrons. The van der Waals surface area contributed by atoms with Gasteiger partial charge >= 0.3 is 6.18 Å². The summed E-state index contributed by atoms with van der Waals surface area (Å²) in [7, 11) is 0. The van der Waals surface area contributed by atoms with Crippen LogP contribution in [0.3, 0.4) is 0 Å². The third-order valence-corrected chi connectivity index (χ3v) is 2.97. The number of hydrogen-bond acceptors (Lipinski definition) is 2. The molecule has 0 saturated heterocycles. The summed E-state index contributed by atoms with van der Waals surface area (Å²) in [5, 5.41) is 0. The van der Waals surface area contributed by atoms with E-state index < -0.39 is 11.7 Å². The Morgan fingerprint density at radius 1 is 1.18 bits per heavy atom. The lowest BCUT2D eigenvalue weighted by Gasteiger charge is -2.20. The van der Waals surface area contributed by atoms with Gasteiger partial charge in [0.2, 0.25) is 0 Å². The minimum atomic E-state index is -4.39. The molecule has 2 nitrogen and oxygen atoms in total. The normalized spacial score (nSPS) is 24.9. The van der Waals surface area contributed by atoms with Crippen molar-refractivity contribution in [1.29, 1.82) is 0 Å². The van der Waals surface area contributed by atoms with Gasteiger partial charge in [0.05, 0.1) is 5.56 Å². The molecule has 0 heterocycles. The Balaban J connectivity index is 2.21. The van der Waals surface area contributed by atoms with Gasteiger partial charge in [0, 0.05) is 6.04 Å². The van der Waals surface area contributed by atoms with E-state index in [9.17, 15) is 13.2 Å². The average Bonchev–Trinajstić information content (AvgIpc) is 2.64. The van der Waals surface area contributed by atoms with Crippen molar-refractivity contribution >= 4 is 0 Å². The first kappa shape index (κ1) is 12.2. The number of hydrogen-bond donors (Lipinski definition) is 1. The number of ether oxygens (including phenoxy) is 1. The lowest BCUT2D eigenvalue weighted by Crippen LogP contribution is -2.34. The monoisotopic (exact) mass is 245 g/mol. The second-order valence-electron chi connectivity index (χ2n) is 4.24. The Labute approximate surface area is 97.6 Å². The molecule has 1 aromatic carbocycles. The van der Waals surface area contributed by atoms with Gasteiger partial charge in [0.1, 0.15) is 11.9 Å². The van der Waals surface area contributed by atoms with Crippen LogP contribution < -0.4 is 10.5 Å². The predicted octanol–water partition coefficient (Wildman–Crippen LogP) is 2.96. The summed E-state index contributed by atoms with van der Waals surface area (Å²) in [6, 6.07) is 5.08. The van der Waals surface area contributed by atoms with Gasteiger partial charge in [-0.1, -0.05) is 12.1 Å². The number of alkyl halides is 3. The molecular formula is C12H14F3NO.